The predicted molar refractivity (Wildman–Crippen MR) is 103 cm³/mol. The fourth-order valence-electron chi connectivity index (χ4n) is 3.76. The third-order valence-electron chi connectivity index (χ3n) is 5.06. The molecule has 0 heterocycles. The van der Waals surface area contributed by atoms with Crippen LogP contribution in [0.4, 0.5) is 0 Å². The Hall–Kier alpha value is -3.06. The number of Topliss-reactive ketones (excluding diaryl/α,β-unsaturated/α-hetero) is 1. The summed E-state index contributed by atoms with van der Waals surface area (Å²) < 4.78 is 4.76. The average molecular weight is 362 g/mol. The summed E-state index contributed by atoms with van der Waals surface area (Å²) in [7, 11) is 1.30. The van der Waals surface area contributed by atoms with Gasteiger partial charge in [0.25, 0.3) is 0 Å². The number of hydrogen-bond donors (Lipinski definition) is 1. The van der Waals surface area contributed by atoms with Crippen LogP contribution in [0.3, 0.4) is 0 Å². The molecule has 138 valence electrons. The molecule has 0 aliphatic heterocycles. The van der Waals surface area contributed by atoms with Gasteiger partial charge < -0.3 is 9.84 Å². The van der Waals surface area contributed by atoms with E-state index >= 15 is 0 Å². The van der Waals surface area contributed by atoms with Crippen molar-refractivity contribution in [3.63, 3.8) is 0 Å². The first-order chi connectivity index (χ1) is 12.8. The number of esters is 1. The van der Waals surface area contributed by atoms with Crippen LogP contribution in [0.25, 0.3) is 0 Å². The molecule has 0 bridgehead atoms. The number of phenols is 1. The normalized spacial score (nSPS) is 14.5. The summed E-state index contributed by atoms with van der Waals surface area (Å²) in [4.78, 5) is 24.8. The largest absolute Gasteiger partial charge is 0.507 e. The molecule has 3 rings (SSSR count). The van der Waals surface area contributed by atoms with E-state index in [0.717, 1.165) is 30.4 Å². The zero-order valence-electron chi connectivity index (χ0n) is 15.8. The summed E-state index contributed by atoms with van der Waals surface area (Å²) in [6, 6.07) is 10.2. The molecule has 0 atom stereocenters. The molecule has 1 N–H and O–H groups in total. The van der Waals surface area contributed by atoms with Crippen LogP contribution in [0.2, 0.25) is 0 Å². The summed E-state index contributed by atoms with van der Waals surface area (Å²) in [6.07, 6.45) is 2.89. The molecule has 0 saturated heterocycles. The molecule has 0 fully saturated rings. The minimum absolute atomic E-state index is 0.0516. The Balaban J connectivity index is 2.06. The maximum absolute atomic E-state index is 12.9. The molecule has 0 saturated carbocycles. The molecule has 1 aliphatic carbocycles. The minimum Gasteiger partial charge on any atom is -0.507 e. The Morgan fingerprint density at radius 2 is 1.89 bits per heavy atom. The van der Waals surface area contributed by atoms with Crippen LogP contribution in [0, 0.1) is 11.8 Å². The van der Waals surface area contributed by atoms with Crippen molar-refractivity contribution in [3.05, 3.63) is 64.2 Å². The first-order valence-corrected chi connectivity index (χ1v) is 8.94. The Bertz CT molecular complexity index is 974. The number of methoxy groups -OCH3 is 1. The number of aromatic hydroxyl groups is 1. The molecule has 0 spiro atoms. The van der Waals surface area contributed by atoms with Crippen molar-refractivity contribution < 1.29 is 19.4 Å². The van der Waals surface area contributed by atoms with E-state index in [1.807, 2.05) is 6.07 Å². The van der Waals surface area contributed by atoms with Gasteiger partial charge in [-0.05, 0) is 59.9 Å². The number of carbonyl (C=O) groups excluding carboxylic acids is 2. The molecule has 0 radical (unpaired) electrons. The Morgan fingerprint density at radius 1 is 1.15 bits per heavy atom. The van der Waals surface area contributed by atoms with Gasteiger partial charge in [0, 0.05) is 5.56 Å². The van der Waals surface area contributed by atoms with Crippen LogP contribution in [-0.4, -0.2) is 24.0 Å². The van der Waals surface area contributed by atoms with Crippen molar-refractivity contribution in [1.82, 2.24) is 0 Å². The minimum atomic E-state index is -0.506. The van der Waals surface area contributed by atoms with E-state index in [2.05, 4.69) is 25.7 Å². The summed E-state index contributed by atoms with van der Waals surface area (Å²) in [5.74, 6) is 4.38. The lowest BCUT2D eigenvalue weighted by atomic mass is 9.70. The van der Waals surface area contributed by atoms with Crippen molar-refractivity contribution in [2.75, 3.05) is 7.11 Å². The SMILES string of the molecule is COC(=O)c1ccccc1C#CC(=O)c1c(O)ccc2c1C(C)(C)CCC2. The lowest BCUT2D eigenvalue weighted by molar-refractivity contribution is 0.0600. The molecule has 4 heteroatoms. The van der Waals surface area contributed by atoms with E-state index in [-0.39, 0.29) is 16.7 Å². The summed E-state index contributed by atoms with van der Waals surface area (Å²) >= 11 is 0. The van der Waals surface area contributed by atoms with Gasteiger partial charge in [-0.25, -0.2) is 4.79 Å². The first-order valence-electron chi connectivity index (χ1n) is 8.94. The van der Waals surface area contributed by atoms with E-state index in [9.17, 15) is 14.7 Å². The van der Waals surface area contributed by atoms with Crippen molar-refractivity contribution >= 4 is 11.8 Å². The Kier molecular flexibility index (Phi) is 5.05. The van der Waals surface area contributed by atoms with E-state index in [4.69, 9.17) is 4.74 Å². The van der Waals surface area contributed by atoms with Gasteiger partial charge in [-0.3, -0.25) is 4.79 Å². The summed E-state index contributed by atoms with van der Waals surface area (Å²) in [5.41, 5.74) is 2.77. The van der Waals surface area contributed by atoms with Crippen molar-refractivity contribution in [2.24, 2.45) is 0 Å². The number of hydrogen-bond acceptors (Lipinski definition) is 4. The fraction of sp³-hybridized carbons (Fsp3) is 0.304. The molecule has 0 aromatic heterocycles. The van der Waals surface area contributed by atoms with Gasteiger partial charge in [-0.15, -0.1) is 0 Å². The Labute approximate surface area is 159 Å². The quantitative estimate of drug-likeness (QED) is 0.498. The Morgan fingerprint density at radius 3 is 2.63 bits per heavy atom. The number of rotatable bonds is 2. The van der Waals surface area contributed by atoms with Gasteiger partial charge in [0.15, 0.2) is 0 Å². The number of ketones is 1. The monoisotopic (exact) mass is 362 g/mol. The third-order valence-corrected chi connectivity index (χ3v) is 5.06. The second kappa shape index (κ2) is 7.28. The van der Waals surface area contributed by atoms with Gasteiger partial charge in [0.1, 0.15) is 5.75 Å². The number of aryl methyl sites for hydroxylation is 1. The highest BCUT2D eigenvalue weighted by Crippen LogP contribution is 2.41. The van der Waals surface area contributed by atoms with Crippen LogP contribution >= 0.6 is 0 Å². The lowest BCUT2D eigenvalue weighted by Gasteiger charge is -2.34. The van der Waals surface area contributed by atoms with Crippen LogP contribution in [0.5, 0.6) is 5.75 Å². The van der Waals surface area contributed by atoms with Gasteiger partial charge in [0.05, 0.1) is 18.2 Å². The molecule has 27 heavy (non-hydrogen) atoms. The predicted octanol–water partition coefficient (Wildman–Crippen LogP) is 4.03. The number of carbonyl (C=O) groups is 2. The molecule has 4 nitrogen and oxygen atoms in total. The first kappa shape index (κ1) is 18.7. The standard InChI is InChI=1S/C23H22O4/c1-23(2)14-6-8-16-11-13-19(25)20(21(16)23)18(24)12-10-15-7-4-5-9-17(15)22(26)27-3/h4-5,7,9,11,13,25H,6,8,14H2,1-3H3. The number of benzene rings is 2. The van der Waals surface area contributed by atoms with Crippen LogP contribution in [-0.2, 0) is 16.6 Å². The molecule has 0 amide bonds. The van der Waals surface area contributed by atoms with Gasteiger partial charge in [-0.2, -0.15) is 0 Å². The summed E-state index contributed by atoms with van der Waals surface area (Å²) in [5, 5.41) is 10.4. The highest BCUT2D eigenvalue weighted by Gasteiger charge is 2.33. The van der Waals surface area contributed by atoms with E-state index < -0.39 is 11.8 Å². The van der Waals surface area contributed by atoms with Crippen LogP contribution in [0.1, 0.15) is 64.1 Å². The second-order valence-corrected chi connectivity index (χ2v) is 7.35. The number of fused-ring (bicyclic) bond motifs is 1. The zero-order chi connectivity index (χ0) is 19.6. The van der Waals surface area contributed by atoms with Gasteiger partial charge in [-0.1, -0.05) is 38.0 Å². The van der Waals surface area contributed by atoms with Gasteiger partial charge in [0.2, 0.25) is 5.78 Å². The van der Waals surface area contributed by atoms with E-state index in [0.29, 0.717) is 11.1 Å². The van der Waals surface area contributed by atoms with Crippen molar-refractivity contribution in [2.45, 2.75) is 38.5 Å². The van der Waals surface area contributed by atoms with Crippen molar-refractivity contribution in [3.8, 4) is 17.6 Å². The highest BCUT2D eigenvalue weighted by atomic mass is 16.5. The molecule has 1 aliphatic rings. The summed E-state index contributed by atoms with van der Waals surface area (Å²) in [6.45, 7) is 4.17. The van der Waals surface area contributed by atoms with E-state index in [1.165, 1.54) is 7.11 Å². The smallest absolute Gasteiger partial charge is 0.339 e. The number of ether oxygens (including phenoxy) is 1. The highest BCUT2D eigenvalue weighted by molar-refractivity contribution is 6.12. The molecule has 2 aromatic carbocycles. The molecule has 0 unspecified atom stereocenters. The van der Waals surface area contributed by atoms with Crippen molar-refractivity contribution in [1.29, 1.82) is 0 Å². The average Bonchev–Trinajstić information content (AvgIpc) is 2.66. The molecule has 2 aromatic rings. The van der Waals surface area contributed by atoms with E-state index in [1.54, 1.807) is 30.3 Å². The third kappa shape index (κ3) is 3.59. The fourth-order valence-corrected chi connectivity index (χ4v) is 3.76. The topological polar surface area (TPSA) is 63.6 Å². The molecular weight excluding hydrogens is 340 g/mol. The maximum atomic E-state index is 12.9. The molecular formula is C23H22O4. The zero-order valence-corrected chi connectivity index (χ0v) is 15.8. The maximum Gasteiger partial charge on any atom is 0.339 e. The van der Waals surface area contributed by atoms with Crippen LogP contribution < -0.4 is 0 Å². The second-order valence-electron chi connectivity index (χ2n) is 7.35. The lowest BCUT2D eigenvalue weighted by Crippen LogP contribution is -2.27. The van der Waals surface area contributed by atoms with Crippen LogP contribution in [0.15, 0.2) is 36.4 Å². The van der Waals surface area contributed by atoms with Gasteiger partial charge >= 0.3 is 5.97 Å². The number of phenolic OH excluding ortho intramolecular Hbond substituents is 1.